The summed E-state index contributed by atoms with van der Waals surface area (Å²) < 4.78 is 18.7. The van der Waals surface area contributed by atoms with Crippen molar-refractivity contribution in [2.24, 2.45) is 0 Å². The van der Waals surface area contributed by atoms with E-state index in [1.165, 1.54) is 0 Å². The number of carbonyl (C=O) groups is 1. The summed E-state index contributed by atoms with van der Waals surface area (Å²) in [6.45, 7) is 1.56. The fraction of sp³-hybridized carbons (Fsp3) is 0.857. The first kappa shape index (κ1) is 13.6. The van der Waals surface area contributed by atoms with Crippen LogP contribution in [0, 0.1) is 0 Å². The lowest BCUT2D eigenvalue weighted by Crippen LogP contribution is -2.12. The molecule has 0 saturated heterocycles. The van der Waals surface area contributed by atoms with E-state index >= 15 is 0 Å². The Morgan fingerprint density at radius 3 is 2.50 bits per heavy atom. The van der Waals surface area contributed by atoms with Crippen molar-refractivity contribution < 1.29 is 28.4 Å². The maximum atomic E-state index is 10.8. The van der Waals surface area contributed by atoms with Crippen LogP contribution >= 0.6 is 7.82 Å². The van der Waals surface area contributed by atoms with Crippen LogP contribution in [0.2, 0.25) is 0 Å². The summed E-state index contributed by atoms with van der Waals surface area (Å²) in [6.07, 6.45) is 2.71. The van der Waals surface area contributed by atoms with Crippen LogP contribution < -0.4 is 0 Å². The molecule has 0 heterocycles. The molecule has 0 unspecified atom stereocenters. The Kier molecular flexibility index (Phi) is 6.74. The number of hydrogen-bond acceptors (Lipinski definition) is 4. The van der Waals surface area contributed by atoms with Crippen LogP contribution in [0.1, 0.15) is 26.2 Å². The predicted octanol–water partition coefficient (Wildman–Crippen LogP) is 0.829. The first-order valence-corrected chi connectivity index (χ1v) is 5.84. The normalized spacial score (nSPS) is 11.4. The first-order chi connectivity index (χ1) is 6.45. The molecule has 0 aromatic rings. The zero-order valence-corrected chi connectivity index (χ0v) is 8.90. The lowest BCUT2D eigenvalue weighted by atomic mass is 10.3. The summed E-state index contributed by atoms with van der Waals surface area (Å²) in [7, 11) is -4.57. The van der Waals surface area contributed by atoms with Gasteiger partial charge in [0.2, 0.25) is 0 Å². The quantitative estimate of drug-likeness (QED) is 0.379. The van der Waals surface area contributed by atoms with E-state index in [4.69, 9.17) is 9.79 Å². The van der Waals surface area contributed by atoms with Gasteiger partial charge in [-0.3, -0.25) is 4.52 Å². The summed E-state index contributed by atoms with van der Waals surface area (Å²) in [5.74, 6) is -0.760. The minimum atomic E-state index is -4.57. The van der Waals surface area contributed by atoms with E-state index in [1.807, 2.05) is 6.92 Å². The Hall–Kier alpha value is -0.420. The molecule has 0 aromatic carbocycles. The minimum Gasteiger partial charge on any atom is -0.464 e. The van der Waals surface area contributed by atoms with Gasteiger partial charge in [-0.2, -0.15) is 0 Å². The molecule has 14 heavy (non-hydrogen) atoms. The van der Waals surface area contributed by atoms with Crippen molar-refractivity contribution in [2.45, 2.75) is 26.2 Å². The number of esters is 1. The molecule has 0 atom stereocenters. The largest absolute Gasteiger partial charge is 0.470 e. The van der Waals surface area contributed by atoms with Crippen molar-refractivity contribution >= 4 is 13.8 Å². The van der Waals surface area contributed by atoms with E-state index < -0.39 is 20.4 Å². The molecular weight excluding hydrogens is 211 g/mol. The molecule has 0 bridgehead atoms. The molecule has 0 spiro atoms. The van der Waals surface area contributed by atoms with Crippen LogP contribution in [0.5, 0.6) is 0 Å². The third kappa shape index (κ3) is 9.67. The highest BCUT2D eigenvalue weighted by atomic mass is 31.2. The Bertz CT molecular complexity index is 210. The number of carbonyl (C=O) groups excluding carboxylic acids is 1. The number of phosphoric ester groups is 1. The van der Waals surface area contributed by atoms with E-state index in [9.17, 15) is 9.36 Å². The molecular formula is C7H15O6P. The molecule has 2 N–H and O–H groups in total. The number of ether oxygens (including phenoxy) is 1. The van der Waals surface area contributed by atoms with Crippen molar-refractivity contribution in [1.29, 1.82) is 0 Å². The van der Waals surface area contributed by atoms with Crippen molar-refractivity contribution in [2.75, 3.05) is 13.2 Å². The Balaban J connectivity index is 3.42. The zero-order chi connectivity index (χ0) is 11.0. The molecule has 84 valence electrons. The third-order valence-electron chi connectivity index (χ3n) is 1.36. The predicted molar refractivity (Wildman–Crippen MR) is 48.5 cm³/mol. The molecule has 0 amide bonds. The van der Waals surface area contributed by atoms with Crippen molar-refractivity contribution in [3.63, 3.8) is 0 Å². The fourth-order valence-electron chi connectivity index (χ4n) is 0.717. The standard InChI is InChI=1S/C7H15O6P/c1-2-3-4-5-12-7(8)6-13-14(9,10)11/h2-6H2,1H3,(H2,9,10,11). The molecule has 0 aliphatic heterocycles. The van der Waals surface area contributed by atoms with Gasteiger partial charge < -0.3 is 14.5 Å². The average molecular weight is 226 g/mol. The van der Waals surface area contributed by atoms with E-state index in [2.05, 4.69) is 9.26 Å². The van der Waals surface area contributed by atoms with Crippen LogP contribution in [-0.2, 0) is 18.6 Å². The maximum absolute atomic E-state index is 10.8. The molecule has 0 fully saturated rings. The van der Waals surface area contributed by atoms with E-state index in [0.717, 1.165) is 19.3 Å². The van der Waals surface area contributed by atoms with Crippen LogP contribution in [-0.4, -0.2) is 29.0 Å². The molecule has 7 heteroatoms. The number of hydrogen-bond donors (Lipinski definition) is 2. The molecule has 0 rings (SSSR count). The fourth-order valence-corrected chi connectivity index (χ4v) is 0.990. The van der Waals surface area contributed by atoms with Crippen molar-refractivity contribution in [3.8, 4) is 0 Å². The first-order valence-electron chi connectivity index (χ1n) is 4.31. The average Bonchev–Trinajstić information content (AvgIpc) is 2.08. The van der Waals surface area contributed by atoms with Gasteiger partial charge in [0, 0.05) is 0 Å². The molecule has 0 saturated carbocycles. The van der Waals surface area contributed by atoms with Crippen LogP contribution in [0.25, 0.3) is 0 Å². The topological polar surface area (TPSA) is 93.1 Å². The Morgan fingerprint density at radius 1 is 1.36 bits per heavy atom. The lowest BCUT2D eigenvalue weighted by Gasteiger charge is -2.05. The van der Waals surface area contributed by atoms with Crippen molar-refractivity contribution in [3.05, 3.63) is 0 Å². The summed E-state index contributed by atoms with van der Waals surface area (Å²) in [5.41, 5.74) is 0. The van der Waals surface area contributed by atoms with Gasteiger partial charge in [-0.1, -0.05) is 19.8 Å². The second-order valence-electron chi connectivity index (χ2n) is 2.69. The van der Waals surface area contributed by atoms with Gasteiger partial charge in [0.1, 0.15) is 0 Å². The second-order valence-corrected chi connectivity index (χ2v) is 3.93. The van der Waals surface area contributed by atoms with Crippen LogP contribution in [0.3, 0.4) is 0 Å². The van der Waals surface area contributed by atoms with Gasteiger partial charge in [0.05, 0.1) is 6.61 Å². The highest BCUT2D eigenvalue weighted by Gasteiger charge is 2.16. The summed E-state index contributed by atoms with van der Waals surface area (Å²) in [4.78, 5) is 27.3. The Morgan fingerprint density at radius 2 is 2.00 bits per heavy atom. The highest BCUT2D eigenvalue weighted by molar-refractivity contribution is 7.46. The van der Waals surface area contributed by atoms with Gasteiger partial charge >= 0.3 is 13.8 Å². The number of unbranched alkanes of at least 4 members (excludes halogenated alkanes) is 2. The minimum absolute atomic E-state index is 0.261. The van der Waals surface area contributed by atoms with Crippen LogP contribution in [0.15, 0.2) is 0 Å². The Labute approximate surface area is 82.5 Å². The van der Waals surface area contributed by atoms with Crippen molar-refractivity contribution in [1.82, 2.24) is 0 Å². The smallest absolute Gasteiger partial charge is 0.464 e. The number of rotatable bonds is 7. The summed E-state index contributed by atoms with van der Waals surface area (Å²) >= 11 is 0. The van der Waals surface area contributed by atoms with Gasteiger partial charge in [0.25, 0.3) is 0 Å². The van der Waals surface area contributed by atoms with E-state index in [0.29, 0.717) is 0 Å². The highest BCUT2D eigenvalue weighted by Crippen LogP contribution is 2.35. The maximum Gasteiger partial charge on any atom is 0.470 e. The molecule has 0 radical (unpaired) electrons. The summed E-state index contributed by atoms with van der Waals surface area (Å²) in [5, 5.41) is 0. The van der Waals surface area contributed by atoms with Gasteiger partial charge in [0.15, 0.2) is 6.61 Å². The summed E-state index contributed by atoms with van der Waals surface area (Å²) in [6, 6.07) is 0. The van der Waals surface area contributed by atoms with Gasteiger partial charge in [-0.05, 0) is 6.42 Å². The number of phosphoric acid groups is 1. The lowest BCUT2D eigenvalue weighted by molar-refractivity contribution is -0.146. The second kappa shape index (κ2) is 6.95. The SMILES string of the molecule is CCCCCOC(=O)COP(=O)(O)O. The third-order valence-corrected chi connectivity index (χ3v) is 1.83. The van der Waals surface area contributed by atoms with Crippen LogP contribution in [0.4, 0.5) is 0 Å². The molecule has 6 nitrogen and oxygen atoms in total. The zero-order valence-electron chi connectivity index (χ0n) is 8.01. The molecule has 0 aliphatic rings. The van der Waals surface area contributed by atoms with Gasteiger partial charge in [-0.25, -0.2) is 9.36 Å². The van der Waals surface area contributed by atoms with Gasteiger partial charge in [-0.15, -0.1) is 0 Å². The molecule has 0 aromatic heterocycles. The van der Waals surface area contributed by atoms with E-state index in [1.54, 1.807) is 0 Å². The molecule has 0 aliphatic carbocycles. The van der Waals surface area contributed by atoms with E-state index in [-0.39, 0.29) is 6.61 Å². The monoisotopic (exact) mass is 226 g/mol.